The van der Waals surface area contributed by atoms with Crippen molar-refractivity contribution in [2.45, 2.75) is 18.9 Å². The van der Waals surface area contributed by atoms with E-state index >= 15 is 0 Å². The van der Waals surface area contributed by atoms with E-state index in [0.717, 1.165) is 13.0 Å². The van der Waals surface area contributed by atoms with Gasteiger partial charge in [0.25, 0.3) is 0 Å². The average molecular weight is 273 g/mol. The summed E-state index contributed by atoms with van der Waals surface area (Å²) in [6.07, 6.45) is 1.34. The number of hydrogen-bond acceptors (Lipinski definition) is 3. The fourth-order valence-corrected chi connectivity index (χ4v) is 2.91. The lowest BCUT2D eigenvalue weighted by atomic mass is 9.94. The summed E-state index contributed by atoms with van der Waals surface area (Å²) in [6.45, 7) is 1.96. The normalized spacial score (nSPS) is 24.9. The molecule has 1 fully saturated rings. The smallest absolute Gasteiger partial charge is 0.225 e. The lowest BCUT2D eigenvalue weighted by Gasteiger charge is -2.27. The Labute approximate surface area is 118 Å². The van der Waals surface area contributed by atoms with Crippen molar-refractivity contribution in [3.63, 3.8) is 0 Å². The minimum Gasteiger partial charge on any atom is -0.355 e. The van der Waals surface area contributed by atoms with Gasteiger partial charge in [0.05, 0.1) is 5.92 Å². The van der Waals surface area contributed by atoms with Gasteiger partial charge in [0.1, 0.15) is 0 Å². The van der Waals surface area contributed by atoms with Crippen LogP contribution in [-0.2, 0) is 16.0 Å². The summed E-state index contributed by atoms with van der Waals surface area (Å²) in [5.41, 5.74) is 2.61. The van der Waals surface area contributed by atoms with Crippen LogP contribution in [0.2, 0.25) is 0 Å². The molecule has 0 aliphatic carbocycles. The minimum absolute atomic E-state index is 0.0341. The molecule has 2 amide bonds. The first kappa shape index (κ1) is 13.1. The molecule has 3 rings (SSSR count). The molecule has 0 saturated carbocycles. The van der Waals surface area contributed by atoms with Gasteiger partial charge in [-0.15, -0.1) is 0 Å². The van der Waals surface area contributed by atoms with Crippen molar-refractivity contribution in [3.8, 4) is 0 Å². The van der Waals surface area contributed by atoms with Crippen LogP contribution in [-0.4, -0.2) is 31.4 Å². The summed E-state index contributed by atoms with van der Waals surface area (Å²) in [6, 6.07) is 8.49. The third kappa shape index (κ3) is 2.67. The van der Waals surface area contributed by atoms with Gasteiger partial charge in [-0.05, 0) is 24.1 Å². The Balaban J connectivity index is 1.59. The molecule has 1 saturated heterocycles. The van der Waals surface area contributed by atoms with Crippen LogP contribution in [0, 0.1) is 5.92 Å². The van der Waals surface area contributed by atoms with Gasteiger partial charge in [0.2, 0.25) is 11.8 Å². The van der Waals surface area contributed by atoms with Crippen LogP contribution in [0.3, 0.4) is 0 Å². The molecule has 1 aromatic carbocycles. The van der Waals surface area contributed by atoms with E-state index in [0.29, 0.717) is 19.5 Å². The van der Waals surface area contributed by atoms with Gasteiger partial charge < -0.3 is 16.0 Å². The molecule has 2 heterocycles. The zero-order valence-corrected chi connectivity index (χ0v) is 11.3. The van der Waals surface area contributed by atoms with E-state index in [4.69, 9.17) is 0 Å². The zero-order chi connectivity index (χ0) is 13.9. The zero-order valence-electron chi connectivity index (χ0n) is 11.3. The lowest BCUT2D eigenvalue weighted by molar-refractivity contribution is -0.126. The predicted molar refractivity (Wildman–Crippen MR) is 75.0 cm³/mol. The molecular weight excluding hydrogens is 254 g/mol. The molecule has 3 N–H and O–H groups in total. The molecule has 0 radical (unpaired) electrons. The third-order valence-corrected chi connectivity index (χ3v) is 4.04. The fraction of sp³-hybridized carbons (Fsp3) is 0.467. The highest BCUT2D eigenvalue weighted by atomic mass is 16.2. The van der Waals surface area contributed by atoms with E-state index in [9.17, 15) is 9.59 Å². The number of amides is 2. The van der Waals surface area contributed by atoms with Crippen LogP contribution in [0.15, 0.2) is 24.3 Å². The highest BCUT2D eigenvalue weighted by molar-refractivity contribution is 5.89. The first-order valence-corrected chi connectivity index (χ1v) is 7.09. The lowest BCUT2D eigenvalue weighted by Crippen LogP contribution is -2.41. The molecule has 106 valence electrons. The van der Waals surface area contributed by atoms with Crippen LogP contribution >= 0.6 is 0 Å². The number of benzene rings is 1. The Morgan fingerprint density at radius 3 is 3.00 bits per heavy atom. The molecule has 2 unspecified atom stereocenters. The SMILES string of the molecule is O=C1CC(C(=O)NCC2NCCc3ccccc32)CN1. The van der Waals surface area contributed by atoms with E-state index in [2.05, 4.69) is 34.1 Å². The maximum Gasteiger partial charge on any atom is 0.225 e. The monoisotopic (exact) mass is 273 g/mol. The van der Waals surface area contributed by atoms with Crippen molar-refractivity contribution in [2.24, 2.45) is 5.92 Å². The second-order valence-electron chi connectivity index (χ2n) is 5.41. The fourth-order valence-electron chi connectivity index (χ4n) is 2.91. The van der Waals surface area contributed by atoms with Gasteiger partial charge in [-0.1, -0.05) is 24.3 Å². The number of fused-ring (bicyclic) bond motifs is 1. The maximum atomic E-state index is 12.0. The largest absolute Gasteiger partial charge is 0.355 e. The first-order chi connectivity index (χ1) is 9.74. The molecule has 1 aromatic rings. The third-order valence-electron chi connectivity index (χ3n) is 4.04. The topological polar surface area (TPSA) is 70.2 Å². The summed E-state index contributed by atoms with van der Waals surface area (Å²) in [7, 11) is 0. The van der Waals surface area contributed by atoms with Crippen molar-refractivity contribution >= 4 is 11.8 Å². The molecule has 0 aromatic heterocycles. The van der Waals surface area contributed by atoms with E-state index in [-0.39, 0.29) is 23.8 Å². The van der Waals surface area contributed by atoms with Crippen LogP contribution < -0.4 is 16.0 Å². The van der Waals surface area contributed by atoms with Crippen LogP contribution in [0.1, 0.15) is 23.6 Å². The average Bonchev–Trinajstić information content (AvgIpc) is 2.91. The van der Waals surface area contributed by atoms with E-state index in [1.54, 1.807) is 0 Å². The quantitative estimate of drug-likeness (QED) is 0.733. The number of rotatable bonds is 3. The van der Waals surface area contributed by atoms with Gasteiger partial charge in [-0.3, -0.25) is 9.59 Å². The van der Waals surface area contributed by atoms with Crippen molar-refractivity contribution < 1.29 is 9.59 Å². The molecule has 20 heavy (non-hydrogen) atoms. The van der Waals surface area contributed by atoms with Crippen LogP contribution in [0.5, 0.6) is 0 Å². The van der Waals surface area contributed by atoms with Crippen LogP contribution in [0.4, 0.5) is 0 Å². The highest BCUT2D eigenvalue weighted by Gasteiger charge is 2.28. The van der Waals surface area contributed by atoms with Crippen molar-refractivity contribution in [2.75, 3.05) is 19.6 Å². The summed E-state index contributed by atoms with van der Waals surface area (Å²) < 4.78 is 0. The van der Waals surface area contributed by atoms with E-state index in [1.807, 2.05) is 6.07 Å². The molecule has 5 nitrogen and oxygen atoms in total. The second-order valence-corrected chi connectivity index (χ2v) is 5.41. The molecule has 0 spiro atoms. The van der Waals surface area contributed by atoms with Gasteiger partial charge in [-0.2, -0.15) is 0 Å². The number of hydrogen-bond donors (Lipinski definition) is 3. The van der Waals surface area contributed by atoms with Crippen molar-refractivity contribution in [3.05, 3.63) is 35.4 Å². The Morgan fingerprint density at radius 2 is 2.20 bits per heavy atom. The Kier molecular flexibility index (Phi) is 3.69. The highest BCUT2D eigenvalue weighted by Crippen LogP contribution is 2.22. The summed E-state index contributed by atoms with van der Waals surface area (Å²) in [4.78, 5) is 23.1. The number of carbonyl (C=O) groups excluding carboxylic acids is 2. The maximum absolute atomic E-state index is 12.0. The Hall–Kier alpha value is -1.88. The summed E-state index contributed by atoms with van der Waals surface area (Å²) >= 11 is 0. The van der Waals surface area contributed by atoms with Gasteiger partial charge in [-0.25, -0.2) is 0 Å². The van der Waals surface area contributed by atoms with Gasteiger partial charge in [0, 0.05) is 25.6 Å². The predicted octanol–water partition coefficient (Wildman–Crippen LogP) is 0.126. The molecule has 5 heteroatoms. The summed E-state index contributed by atoms with van der Waals surface area (Å²) in [5.74, 6) is -0.291. The minimum atomic E-state index is -0.221. The van der Waals surface area contributed by atoms with Crippen LogP contribution in [0.25, 0.3) is 0 Å². The number of nitrogens with one attached hydrogen (secondary N) is 3. The van der Waals surface area contributed by atoms with Crippen molar-refractivity contribution in [1.29, 1.82) is 0 Å². The molecule has 2 atom stereocenters. The first-order valence-electron chi connectivity index (χ1n) is 7.09. The molecule has 2 aliphatic heterocycles. The van der Waals surface area contributed by atoms with Crippen molar-refractivity contribution in [1.82, 2.24) is 16.0 Å². The standard InChI is InChI=1S/C15H19N3O2/c19-14-7-11(8-17-14)15(20)18-9-13-12-4-2-1-3-10(12)5-6-16-13/h1-4,11,13,16H,5-9H2,(H,17,19)(H,18,20). The molecule has 2 aliphatic rings. The second kappa shape index (κ2) is 5.63. The summed E-state index contributed by atoms with van der Waals surface area (Å²) in [5, 5.41) is 9.08. The van der Waals surface area contributed by atoms with E-state index < -0.39 is 0 Å². The molecule has 0 bridgehead atoms. The molecular formula is C15H19N3O2. The van der Waals surface area contributed by atoms with Gasteiger partial charge in [0.15, 0.2) is 0 Å². The Bertz CT molecular complexity index is 530. The number of carbonyl (C=O) groups is 2. The van der Waals surface area contributed by atoms with E-state index in [1.165, 1.54) is 11.1 Å². The Morgan fingerprint density at radius 1 is 1.35 bits per heavy atom. The van der Waals surface area contributed by atoms with Gasteiger partial charge >= 0.3 is 0 Å².